The molecule has 1 aromatic carbocycles. The number of allylic oxidation sites excluding steroid dienone is 2. The Kier molecular flexibility index (Phi) is 8.60. The Hall–Kier alpha value is -3.98. The molecule has 2 unspecified atom stereocenters. The maximum Gasteiger partial charge on any atom is 0.409 e. The second kappa shape index (κ2) is 11.6. The fourth-order valence-corrected chi connectivity index (χ4v) is 3.33. The Morgan fingerprint density at radius 3 is 2.44 bits per heavy atom. The summed E-state index contributed by atoms with van der Waals surface area (Å²) in [6, 6.07) is 10.1. The number of carbonyl (C=O) groups is 3. The first kappa shape index (κ1) is 26.6. The first-order valence-electron chi connectivity index (χ1n) is 11.6. The molecule has 36 heavy (non-hydrogen) atoms. The highest BCUT2D eigenvalue weighted by molar-refractivity contribution is 5.97. The largest absolute Gasteiger partial charge is 0.444 e. The van der Waals surface area contributed by atoms with E-state index in [1.807, 2.05) is 18.2 Å². The molecule has 1 aliphatic rings. The fourth-order valence-electron chi connectivity index (χ4n) is 3.33. The normalized spacial score (nSPS) is 17.7. The first-order valence-corrected chi connectivity index (χ1v) is 11.6. The molecule has 3 amide bonds. The van der Waals surface area contributed by atoms with Crippen LogP contribution in [0, 0.1) is 0 Å². The van der Waals surface area contributed by atoms with Gasteiger partial charge in [-0.15, -0.1) is 0 Å². The van der Waals surface area contributed by atoms with E-state index in [0.29, 0.717) is 17.7 Å². The molecule has 2 aromatic rings. The van der Waals surface area contributed by atoms with Crippen LogP contribution in [0.5, 0.6) is 0 Å². The van der Waals surface area contributed by atoms with Gasteiger partial charge in [0.15, 0.2) is 0 Å². The van der Waals surface area contributed by atoms with E-state index in [0.717, 1.165) is 5.56 Å². The van der Waals surface area contributed by atoms with Crippen molar-refractivity contribution in [2.24, 2.45) is 0 Å². The number of aromatic nitrogens is 1. The number of benzene rings is 1. The molecule has 1 aliphatic carbocycles. The van der Waals surface area contributed by atoms with Crippen LogP contribution in [0.1, 0.15) is 50.0 Å². The van der Waals surface area contributed by atoms with E-state index in [1.165, 1.54) is 0 Å². The molecule has 0 aliphatic heterocycles. The third kappa shape index (κ3) is 8.06. The third-order valence-electron chi connectivity index (χ3n) is 5.13. The lowest BCUT2D eigenvalue weighted by molar-refractivity contribution is -0.127. The topological polar surface area (TPSA) is 119 Å². The second-order valence-electron chi connectivity index (χ2n) is 9.42. The summed E-state index contributed by atoms with van der Waals surface area (Å²) in [6.45, 7) is 7.23. The fraction of sp³-hybridized carbons (Fsp3) is 0.333. The number of hydrogen-bond donors (Lipinski definition) is 3. The number of ether oxygens (including phenoxy) is 2. The summed E-state index contributed by atoms with van der Waals surface area (Å²) in [6.07, 6.45) is 9.52. The van der Waals surface area contributed by atoms with E-state index in [-0.39, 0.29) is 12.5 Å². The number of amides is 3. The van der Waals surface area contributed by atoms with Gasteiger partial charge in [-0.3, -0.25) is 19.9 Å². The molecule has 1 aromatic heterocycles. The Morgan fingerprint density at radius 2 is 1.83 bits per heavy atom. The molecule has 1 heterocycles. The molecule has 2 atom stereocenters. The minimum Gasteiger partial charge on any atom is -0.444 e. The Labute approximate surface area is 211 Å². The molecule has 0 fully saturated rings. The van der Waals surface area contributed by atoms with Crippen molar-refractivity contribution in [2.45, 2.75) is 58.1 Å². The molecule has 190 valence electrons. The maximum atomic E-state index is 13.0. The standard InChI is InChI=1S/C27H32N4O5/c1-19(35-18-20-9-8-16-28-17-20)23(32)29-22-12-10-21(11-13-22)24(33)30-27(14-6-5-7-15-27)31-25(34)36-26(2,3)4/h5-14,16-17,19H,15,18H2,1-4H3,(H,29,32)(H,30,33)(H,31,34). The summed E-state index contributed by atoms with van der Waals surface area (Å²) in [5.41, 5.74) is -0.0416. The van der Waals surface area contributed by atoms with E-state index in [1.54, 1.807) is 82.6 Å². The van der Waals surface area contributed by atoms with Crippen molar-refractivity contribution in [3.63, 3.8) is 0 Å². The van der Waals surface area contributed by atoms with E-state index in [2.05, 4.69) is 20.9 Å². The molecule has 0 radical (unpaired) electrons. The molecule has 3 N–H and O–H groups in total. The third-order valence-corrected chi connectivity index (χ3v) is 5.13. The van der Waals surface area contributed by atoms with Crippen molar-refractivity contribution in [1.29, 1.82) is 0 Å². The van der Waals surface area contributed by atoms with Crippen LogP contribution in [0.3, 0.4) is 0 Å². The molecule has 0 spiro atoms. The maximum absolute atomic E-state index is 13.0. The Balaban J connectivity index is 1.58. The van der Waals surface area contributed by atoms with Gasteiger partial charge in [0.2, 0.25) is 0 Å². The highest BCUT2D eigenvalue weighted by Gasteiger charge is 2.33. The quantitative estimate of drug-likeness (QED) is 0.478. The van der Waals surface area contributed by atoms with Crippen LogP contribution >= 0.6 is 0 Å². The summed E-state index contributed by atoms with van der Waals surface area (Å²) in [4.78, 5) is 41.8. The lowest BCUT2D eigenvalue weighted by atomic mass is 10.00. The van der Waals surface area contributed by atoms with Crippen LogP contribution in [-0.2, 0) is 20.9 Å². The van der Waals surface area contributed by atoms with Crippen LogP contribution in [0.15, 0.2) is 73.1 Å². The Bertz CT molecular complexity index is 1120. The zero-order valence-electron chi connectivity index (χ0n) is 20.9. The van der Waals surface area contributed by atoms with Gasteiger partial charge in [-0.05, 0) is 69.7 Å². The molecule has 0 saturated carbocycles. The average Bonchev–Trinajstić information content (AvgIpc) is 2.82. The number of nitrogens with one attached hydrogen (secondary N) is 3. The molecule has 0 saturated heterocycles. The number of hydrogen-bond acceptors (Lipinski definition) is 6. The number of nitrogens with zero attached hydrogens (tertiary/aromatic N) is 1. The van der Waals surface area contributed by atoms with Crippen LogP contribution < -0.4 is 16.0 Å². The van der Waals surface area contributed by atoms with Gasteiger partial charge in [-0.25, -0.2) is 4.79 Å². The van der Waals surface area contributed by atoms with Gasteiger partial charge >= 0.3 is 6.09 Å². The lowest BCUT2D eigenvalue weighted by Gasteiger charge is -2.34. The predicted octanol–water partition coefficient (Wildman–Crippen LogP) is 4.09. The van der Waals surface area contributed by atoms with Crippen molar-refractivity contribution >= 4 is 23.6 Å². The molecule has 9 heteroatoms. The van der Waals surface area contributed by atoms with Crippen LogP contribution in [0.2, 0.25) is 0 Å². The molecule has 9 nitrogen and oxygen atoms in total. The van der Waals surface area contributed by atoms with Crippen LogP contribution in [0.4, 0.5) is 10.5 Å². The molecular weight excluding hydrogens is 460 g/mol. The number of carbonyl (C=O) groups excluding carboxylic acids is 3. The summed E-state index contributed by atoms with van der Waals surface area (Å²) in [5, 5.41) is 8.41. The highest BCUT2D eigenvalue weighted by Crippen LogP contribution is 2.18. The SMILES string of the molecule is CC(OCc1cccnc1)C(=O)Nc1ccc(C(=O)NC2(NC(=O)OC(C)(C)C)C=CC=CC2)cc1. The minimum atomic E-state index is -1.12. The minimum absolute atomic E-state index is 0.268. The number of rotatable bonds is 8. The first-order chi connectivity index (χ1) is 17.1. The average molecular weight is 493 g/mol. The lowest BCUT2D eigenvalue weighted by Crippen LogP contribution is -2.60. The van der Waals surface area contributed by atoms with Gasteiger partial charge in [0.25, 0.3) is 11.8 Å². The predicted molar refractivity (Wildman–Crippen MR) is 136 cm³/mol. The molecule has 3 rings (SSSR count). The van der Waals surface area contributed by atoms with Gasteiger partial charge in [0.1, 0.15) is 17.4 Å². The zero-order valence-corrected chi connectivity index (χ0v) is 20.9. The monoisotopic (exact) mass is 492 g/mol. The molecule has 0 bridgehead atoms. The van der Waals surface area contributed by atoms with Gasteiger partial charge in [0, 0.05) is 30.1 Å². The summed E-state index contributed by atoms with van der Waals surface area (Å²) < 4.78 is 11.0. The van der Waals surface area contributed by atoms with Crippen LogP contribution in [-0.4, -0.2) is 40.3 Å². The second-order valence-corrected chi connectivity index (χ2v) is 9.42. The van der Waals surface area contributed by atoms with E-state index >= 15 is 0 Å². The van der Waals surface area contributed by atoms with Crippen molar-refractivity contribution in [3.8, 4) is 0 Å². The van der Waals surface area contributed by atoms with Gasteiger partial charge in [-0.2, -0.15) is 0 Å². The van der Waals surface area contributed by atoms with Crippen molar-refractivity contribution < 1.29 is 23.9 Å². The van der Waals surface area contributed by atoms with E-state index in [9.17, 15) is 14.4 Å². The van der Waals surface area contributed by atoms with Crippen molar-refractivity contribution in [2.75, 3.05) is 5.32 Å². The van der Waals surface area contributed by atoms with E-state index in [4.69, 9.17) is 9.47 Å². The van der Waals surface area contributed by atoms with Gasteiger partial charge in [0.05, 0.1) is 6.61 Å². The highest BCUT2D eigenvalue weighted by atomic mass is 16.6. The van der Waals surface area contributed by atoms with Gasteiger partial charge < -0.3 is 20.1 Å². The van der Waals surface area contributed by atoms with E-state index < -0.39 is 29.4 Å². The molecular formula is C27H32N4O5. The van der Waals surface area contributed by atoms with Gasteiger partial charge in [-0.1, -0.05) is 24.3 Å². The number of anilines is 1. The number of alkyl carbamates (subject to hydrolysis) is 1. The summed E-state index contributed by atoms with van der Waals surface area (Å²) in [5.74, 6) is -0.701. The van der Waals surface area contributed by atoms with Crippen molar-refractivity contribution in [3.05, 3.63) is 84.2 Å². The number of pyridine rings is 1. The van der Waals surface area contributed by atoms with Crippen LogP contribution in [0.25, 0.3) is 0 Å². The smallest absolute Gasteiger partial charge is 0.409 e. The Morgan fingerprint density at radius 1 is 1.08 bits per heavy atom. The van der Waals surface area contributed by atoms with Crippen molar-refractivity contribution in [1.82, 2.24) is 15.6 Å². The summed E-state index contributed by atoms with van der Waals surface area (Å²) in [7, 11) is 0. The zero-order chi connectivity index (χ0) is 26.2. The summed E-state index contributed by atoms with van der Waals surface area (Å²) >= 11 is 0.